The molecule has 0 amide bonds. The molecule has 0 radical (unpaired) electrons. The number of anilines is 1. The Morgan fingerprint density at radius 2 is 1.79 bits per heavy atom. The average Bonchev–Trinajstić information content (AvgIpc) is 2.75. The summed E-state index contributed by atoms with van der Waals surface area (Å²) in [5.74, 6) is 2.08. The van der Waals surface area contributed by atoms with Crippen LogP contribution in [0.5, 0.6) is 0 Å². The largest absolute Gasteiger partial charge is 0.361 e. The third kappa shape index (κ3) is 3.50. The monoisotopic (exact) mass is 276 g/mol. The minimum absolute atomic E-state index is 0.160. The van der Waals surface area contributed by atoms with E-state index in [-0.39, 0.29) is 6.04 Å². The number of rotatable bonds is 4. The van der Waals surface area contributed by atoms with E-state index < -0.39 is 0 Å². The van der Waals surface area contributed by atoms with Gasteiger partial charge in [-0.25, -0.2) is 15.0 Å². The summed E-state index contributed by atoms with van der Waals surface area (Å²) in [4.78, 5) is 13.5. The summed E-state index contributed by atoms with van der Waals surface area (Å²) in [6.45, 7) is 10.3. The first kappa shape index (κ1) is 13.9. The highest BCUT2D eigenvalue weighted by Gasteiger charge is 2.12. The summed E-state index contributed by atoms with van der Waals surface area (Å²) in [7, 11) is 0. The molecule has 0 fully saturated rings. The van der Waals surface area contributed by atoms with Crippen molar-refractivity contribution in [2.45, 2.75) is 46.6 Å². The zero-order valence-electron chi connectivity index (χ0n) is 12.1. The van der Waals surface area contributed by atoms with Gasteiger partial charge >= 0.3 is 0 Å². The Bertz CT molecular complexity index is 562. The normalized spacial score (nSPS) is 12.7. The fourth-order valence-electron chi connectivity index (χ4n) is 1.78. The Labute approximate surface area is 118 Å². The van der Waals surface area contributed by atoms with Gasteiger partial charge in [0.1, 0.15) is 16.6 Å². The lowest BCUT2D eigenvalue weighted by Gasteiger charge is -2.14. The van der Waals surface area contributed by atoms with E-state index in [2.05, 4.69) is 46.4 Å². The molecule has 0 saturated carbocycles. The van der Waals surface area contributed by atoms with Crippen LogP contribution in [0.15, 0.2) is 11.4 Å². The number of nitrogens with zero attached hydrogens (tertiary/aromatic N) is 3. The summed E-state index contributed by atoms with van der Waals surface area (Å²) in [5, 5.41) is 6.56. The molecule has 0 aromatic carbocycles. The number of hydrogen-bond acceptors (Lipinski definition) is 5. The summed E-state index contributed by atoms with van der Waals surface area (Å²) >= 11 is 1.67. The van der Waals surface area contributed by atoms with Crippen molar-refractivity contribution in [3.8, 4) is 0 Å². The quantitative estimate of drug-likeness (QED) is 0.921. The molecule has 1 unspecified atom stereocenters. The molecule has 0 aliphatic heterocycles. The van der Waals surface area contributed by atoms with Crippen molar-refractivity contribution in [2.24, 2.45) is 0 Å². The van der Waals surface area contributed by atoms with Gasteiger partial charge in [-0.3, -0.25) is 0 Å². The van der Waals surface area contributed by atoms with Crippen molar-refractivity contribution in [2.75, 3.05) is 5.32 Å². The molecule has 4 nitrogen and oxygen atoms in total. The molecule has 0 bridgehead atoms. The maximum absolute atomic E-state index is 4.56. The molecule has 0 spiro atoms. The third-order valence-corrected chi connectivity index (χ3v) is 3.90. The second-order valence-corrected chi connectivity index (χ2v) is 5.99. The molecular weight excluding hydrogens is 256 g/mol. The van der Waals surface area contributed by atoms with E-state index >= 15 is 0 Å². The molecule has 0 aliphatic rings. The van der Waals surface area contributed by atoms with Crippen LogP contribution >= 0.6 is 11.3 Å². The van der Waals surface area contributed by atoms with Crippen LogP contribution in [-0.4, -0.2) is 15.0 Å². The van der Waals surface area contributed by atoms with Gasteiger partial charge in [-0.15, -0.1) is 11.3 Å². The van der Waals surface area contributed by atoms with E-state index in [1.165, 1.54) is 0 Å². The Morgan fingerprint density at radius 1 is 1.05 bits per heavy atom. The molecule has 19 heavy (non-hydrogen) atoms. The summed E-state index contributed by atoms with van der Waals surface area (Å²) in [6.07, 6.45) is 0. The third-order valence-electron chi connectivity index (χ3n) is 2.76. The van der Waals surface area contributed by atoms with Crippen LogP contribution in [0.3, 0.4) is 0 Å². The molecule has 1 atom stereocenters. The molecule has 102 valence electrons. The highest BCUT2D eigenvalue weighted by molar-refractivity contribution is 7.09. The standard InChI is InChI=1S/C14H20N4S/c1-8(2)13-15-9(3)6-12(18-13)17-11(5)14-16-10(4)7-19-14/h6-8,11H,1-5H3,(H,15,17,18). The molecule has 1 N–H and O–H groups in total. The summed E-state index contributed by atoms with van der Waals surface area (Å²) in [6, 6.07) is 2.14. The zero-order valence-corrected chi connectivity index (χ0v) is 12.9. The van der Waals surface area contributed by atoms with Crippen LogP contribution < -0.4 is 5.32 Å². The molecule has 0 saturated heterocycles. The first-order valence-electron chi connectivity index (χ1n) is 6.50. The van der Waals surface area contributed by atoms with Crippen LogP contribution in [0.1, 0.15) is 55.0 Å². The van der Waals surface area contributed by atoms with E-state index in [9.17, 15) is 0 Å². The van der Waals surface area contributed by atoms with Crippen molar-refractivity contribution in [3.05, 3.63) is 33.7 Å². The summed E-state index contributed by atoms with van der Waals surface area (Å²) < 4.78 is 0. The number of aryl methyl sites for hydroxylation is 2. The number of hydrogen-bond donors (Lipinski definition) is 1. The minimum Gasteiger partial charge on any atom is -0.361 e. The van der Waals surface area contributed by atoms with Crippen molar-refractivity contribution < 1.29 is 0 Å². The van der Waals surface area contributed by atoms with Crippen molar-refractivity contribution >= 4 is 17.2 Å². The molecule has 2 aromatic rings. The lowest BCUT2D eigenvalue weighted by molar-refractivity contribution is 0.760. The Kier molecular flexibility index (Phi) is 4.14. The summed E-state index contributed by atoms with van der Waals surface area (Å²) in [5.41, 5.74) is 2.05. The maximum atomic E-state index is 4.56. The maximum Gasteiger partial charge on any atom is 0.133 e. The smallest absolute Gasteiger partial charge is 0.133 e. The lowest BCUT2D eigenvalue weighted by Crippen LogP contribution is -2.10. The Balaban J connectivity index is 2.18. The molecular formula is C14H20N4S. The van der Waals surface area contributed by atoms with E-state index in [4.69, 9.17) is 0 Å². The first-order chi connectivity index (χ1) is 8.95. The van der Waals surface area contributed by atoms with E-state index in [0.717, 1.165) is 28.0 Å². The van der Waals surface area contributed by atoms with E-state index in [1.54, 1.807) is 11.3 Å². The van der Waals surface area contributed by atoms with E-state index in [0.29, 0.717) is 5.92 Å². The van der Waals surface area contributed by atoms with Crippen LogP contribution in [0.4, 0.5) is 5.82 Å². The molecule has 5 heteroatoms. The van der Waals surface area contributed by atoms with Gasteiger partial charge in [0, 0.05) is 28.8 Å². The predicted octanol–water partition coefficient (Wildman–Crippen LogP) is 3.85. The van der Waals surface area contributed by atoms with Gasteiger partial charge in [-0.05, 0) is 20.8 Å². The van der Waals surface area contributed by atoms with Gasteiger partial charge in [0.15, 0.2) is 0 Å². The lowest BCUT2D eigenvalue weighted by atomic mass is 10.2. The van der Waals surface area contributed by atoms with Gasteiger partial charge in [0.05, 0.1) is 6.04 Å². The van der Waals surface area contributed by atoms with Crippen LogP contribution in [0.2, 0.25) is 0 Å². The molecule has 2 rings (SSSR count). The minimum atomic E-state index is 0.160. The number of nitrogens with one attached hydrogen (secondary N) is 1. The van der Waals surface area contributed by atoms with Crippen molar-refractivity contribution in [1.29, 1.82) is 0 Å². The number of thiazole rings is 1. The fraction of sp³-hybridized carbons (Fsp3) is 0.500. The highest BCUT2D eigenvalue weighted by Crippen LogP contribution is 2.22. The predicted molar refractivity (Wildman–Crippen MR) is 79.7 cm³/mol. The van der Waals surface area contributed by atoms with Gasteiger partial charge in [0.25, 0.3) is 0 Å². The first-order valence-corrected chi connectivity index (χ1v) is 7.38. The Morgan fingerprint density at radius 3 is 2.37 bits per heavy atom. The van der Waals surface area contributed by atoms with E-state index in [1.807, 2.05) is 19.9 Å². The fourth-order valence-corrected chi connectivity index (χ4v) is 2.58. The Hall–Kier alpha value is -1.49. The average molecular weight is 276 g/mol. The molecule has 0 aliphatic carbocycles. The molecule has 2 heterocycles. The van der Waals surface area contributed by atoms with Crippen molar-refractivity contribution in [3.63, 3.8) is 0 Å². The highest BCUT2D eigenvalue weighted by atomic mass is 32.1. The second-order valence-electron chi connectivity index (χ2n) is 5.10. The van der Waals surface area contributed by atoms with Gasteiger partial charge in [-0.2, -0.15) is 0 Å². The zero-order chi connectivity index (χ0) is 14.0. The van der Waals surface area contributed by atoms with Gasteiger partial charge < -0.3 is 5.32 Å². The second kappa shape index (κ2) is 5.65. The van der Waals surface area contributed by atoms with Crippen LogP contribution in [-0.2, 0) is 0 Å². The SMILES string of the molecule is Cc1cc(NC(C)c2nc(C)cs2)nc(C(C)C)n1. The molecule has 2 aromatic heterocycles. The van der Waals surface area contributed by atoms with Crippen molar-refractivity contribution in [1.82, 2.24) is 15.0 Å². The van der Waals surface area contributed by atoms with Gasteiger partial charge in [-0.1, -0.05) is 13.8 Å². The van der Waals surface area contributed by atoms with Crippen LogP contribution in [0, 0.1) is 13.8 Å². The number of aromatic nitrogens is 3. The van der Waals surface area contributed by atoms with Gasteiger partial charge in [0.2, 0.25) is 0 Å². The van der Waals surface area contributed by atoms with Crippen LogP contribution in [0.25, 0.3) is 0 Å². The topological polar surface area (TPSA) is 50.7 Å².